The lowest BCUT2D eigenvalue weighted by Gasteiger charge is -2.03. The highest BCUT2D eigenvalue weighted by Crippen LogP contribution is 2.28. The lowest BCUT2D eigenvalue weighted by atomic mass is 10.0. The summed E-state index contributed by atoms with van der Waals surface area (Å²) in [5.41, 5.74) is 4.09. The molecule has 34 heavy (non-hydrogen) atoms. The highest BCUT2D eigenvalue weighted by Gasteiger charge is 2.12. The van der Waals surface area contributed by atoms with Gasteiger partial charge in [-0.25, -0.2) is 0 Å². The molecule has 0 unspecified atom stereocenters. The van der Waals surface area contributed by atoms with Crippen LogP contribution in [0.5, 0.6) is 0 Å². The smallest absolute Gasteiger partial charge is 0.273 e. The fourth-order valence-electron chi connectivity index (χ4n) is 2.88. The van der Waals surface area contributed by atoms with Crippen LogP contribution in [0.2, 0.25) is 0 Å². The average molecular weight is 525 g/mol. The van der Waals surface area contributed by atoms with Crippen LogP contribution in [0.15, 0.2) is 84.9 Å². The van der Waals surface area contributed by atoms with Crippen molar-refractivity contribution < 1.29 is 9.59 Å². The normalized spacial score (nSPS) is 10.3. The molecule has 0 aliphatic heterocycles. The van der Waals surface area contributed by atoms with Gasteiger partial charge in [0.15, 0.2) is 0 Å². The van der Waals surface area contributed by atoms with Crippen molar-refractivity contribution in [2.24, 2.45) is 0 Å². The molecule has 3 aromatic carbocycles. The highest BCUT2D eigenvalue weighted by atomic mass is 35.5. The van der Waals surface area contributed by atoms with Gasteiger partial charge in [-0.3, -0.25) is 9.59 Å². The van der Waals surface area contributed by atoms with Gasteiger partial charge in [0, 0.05) is 11.1 Å². The predicted octanol–water partition coefficient (Wildman–Crippen LogP) is 6.84. The number of hydrogen-bond acceptors (Lipinski definition) is 8. The SMILES string of the molecule is O=C(Cl)c1nnc(-c2cccc(-c3ccccc3)c2)s1.O=C(Cl)c1nnc(-c2ccccc2)s1. The Morgan fingerprint density at radius 3 is 1.47 bits per heavy atom. The number of hydrogen-bond donors (Lipinski definition) is 0. The highest BCUT2D eigenvalue weighted by molar-refractivity contribution is 7.18. The number of carbonyl (C=O) groups is 2. The van der Waals surface area contributed by atoms with Gasteiger partial charge >= 0.3 is 0 Å². The van der Waals surface area contributed by atoms with E-state index in [0.717, 1.165) is 22.3 Å². The van der Waals surface area contributed by atoms with Crippen molar-refractivity contribution in [1.82, 2.24) is 20.4 Å². The van der Waals surface area contributed by atoms with E-state index in [1.165, 1.54) is 22.7 Å². The first-order valence-corrected chi connectivity index (χ1v) is 12.2. The molecule has 0 bridgehead atoms. The van der Waals surface area contributed by atoms with Crippen LogP contribution in [0, 0.1) is 0 Å². The zero-order valence-corrected chi connectivity index (χ0v) is 20.4. The van der Waals surface area contributed by atoms with Gasteiger partial charge in [0.05, 0.1) is 0 Å². The summed E-state index contributed by atoms with van der Waals surface area (Å²) >= 11 is 13.1. The molecule has 0 saturated heterocycles. The van der Waals surface area contributed by atoms with Crippen molar-refractivity contribution in [3.8, 4) is 32.3 Å². The Morgan fingerprint density at radius 1 is 0.529 bits per heavy atom. The second-order valence-corrected chi connectivity index (χ2v) is 9.33. The Bertz CT molecular complexity index is 1420. The Labute approximate surface area is 212 Å². The molecule has 5 aromatic rings. The second-order valence-electron chi connectivity index (χ2n) is 6.68. The van der Waals surface area contributed by atoms with Crippen LogP contribution >= 0.6 is 45.9 Å². The van der Waals surface area contributed by atoms with Gasteiger partial charge in [0.25, 0.3) is 10.5 Å². The van der Waals surface area contributed by atoms with Crippen LogP contribution in [0.1, 0.15) is 19.6 Å². The maximum absolute atomic E-state index is 11.1. The lowest BCUT2D eigenvalue weighted by molar-refractivity contribution is 0.107. The van der Waals surface area contributed by atoms with E-state index in [0.29, 0.717) is 10.0 Å². The van der Waals surface area contributed by atoms with Crippen LogP contribution < -0.4 is 0 Å². The minimum Gasteiger partial charge on any atom is -0.273 e. The van der Waals surface area contributed by atoms with Crippen LogP contribution in [-0.4, -0.2) is 30.9 Å². The van der Waals surface area contributed by atoms with E-state index in [9.17, 15) is 9.59 Å². The van der Waals surface area contributed by atoms with Gasteiger partial charge in [-0.1, -0.05) is 102 Å². The first-order valence-electron chi connectivity index (χ1n) is 9.79. The Balaban J connectivity index is 0.000000172. The van der Waals surface area contributed by atoms with E-state index in [1.807, 2.05) is 84.9 Å². The maximum Gasteiger partial charge on any atom is 0.283 e. The molecule has 6 nitrogen and oxygen atoms in total. The largest absolute Gasteiger partial charge is 0.283 e. The third kappa shape index (κ3) is 5.98. The summed E-state index contributed by atoms with van der Waals surface area (Å²) in [6.45, 7) is 0. The molecule has 2 aromatic heterocycles. The second kappa shape index (κ2) is 11.2. The number of nitrogens with zero attached hydrogens (tertiary/aromatic N) is 4. The van der Waals surface area contributed by atoms with E-state index in [-0.39, 0.29) is 10.0 Å². The van der Waals surface area contributed by atoms with E-state index >= 15 is 0 Å². The van der Waals surface area contributed by atoms with E-state index in [2.05, 4.69) is 20.4 Å². The van der Waals surface area contributed by atoms with Crippen molar-refractivity contribution >= 4 is 56.4 Å². The number of benzene rings is 3. The summed E-state index contributed by atoms with van der Waals surface area (Å²) in [7, 11) is 0. The van der Waals surface area contributed by atoms with Crippen LogP contribution in [0.4, 0.5) is 0 Å². The first-order chi connectivity index (χ1) is 16.5. The molecule has 0 amide bonds. The lowest BCUT2D eigenvalue weighted by Crippen LogP contribution is -1.85. The Morgan fingerprint density at radius 2 is 0.971 bits per heavy atom. The molecule has 0 fully saturated rings. The van der Waals surface area contributed by atoms with Gasteiger partial charge in [0.1, 0.15) is 10.0 Å². The van der Waals surface area contributed by atoms with Gasteiger partial charge in [-0.05, 0) is 40.4 Å². The summed E-state index contributed by atoms with van der Waals surface area (Å²) < 4.78 is 0. The molecule has 0 atom stereocenters. The molecule has 2 heterocycles. The van der Waals surface area contributed by atoms with Crippen molar-refractivity contribution in [2.75, 3.05) is 0 Å². The fourth-order valence-corrected chi connectivity index (χ4v) is 4.54. The van der Waals surface area contributed by atoms with E-state index in [4.69, 9.17) is 23.2 Å². The molecule has 0 saturated carbocycles. The molecule has 0 radical (unpaired) electrons. The fraction of sp³-hybridized carbons (Fsp3) is 0. The zero-order chi connectivity index (χ0) is 23.9. The van der Waals surface area contributed by atoms with Crippen molar-refractivity contribution in [3.05, 3.63) is 94.9 Å². The average Bonchev–Trinajstić information content (AvgIpc) is 3.57. The van der Waals surface area contributed by atoms with Gasteiger partial charge in [-0.2, -0.15) is 0 Å². The minimum atomic E-state index is -0.576. The van der Waals surface area contributed by atoms with Crippen LogP contribution in [-0.2, 0) is 0 Å². The van der Waals surface area contributed by atoms with Crippen LogP contribution in [0.3, 0.4) is 0 Å². The number of rotatable bonds is 5. The van der Waals surface area contributed by atoms with Crippen molar-refractivity contribution in [1.29, 1.82) is 0 Å². The predicted molar refractivity (Wildman–Crippen MR) is 136 cm³/mol. The molecule has 10 heteroatoms. The Kier molecular flexibility index (Phi) is 7.87. The maximum atomic E-state index is 11.1. The summed E-state index contributed by atoms with van der Waals surface area (Å²) in [5.74, 6) is 0. The van der Waals surface area contributed by atoms with Crippen molar-refractivity contribution in [2.45, 2.75) is 0 Å². The number of carbonyl (C=O) groups excluding carboxylic acids is 2. The molecule has 0 spiro atoms. The third-order valence-corrected chi connectivity index (χ3v) is 6.95. The van der Waals surface area contributed by atoms with Crippen molar-refractivity contribution in [3.63, 3.8) is 0 Å². The summed E-state index contributed by atoms with van der Waals surface area (Å²) in [6.07, 6.45) is 0. The van der Waals surface area contributed by atoms with Gasteiger partial charge in [-0.15, -0.1) is 20.4 Å². The first kappa shape index (κ1) is 23.8. The summed E-state index contributed by atoms with van der Waals surface area (Å²) in [6, 6.07) is 27.6. The standard InChI is InChI=1S/C15H9ClN2OS.C9H5ClN2OS/c16-13(19)15-18-17-14(20-15)12-8-4-7-11(9-12)10-5-2-1-3-6-10;10-7(13)9-12-11-8(14-9)6-4-2-1-3-5-6/h1-9H;1-5H. The molecule has 168 valence electrons. The van der Waals surface area contributed by atoms with Gasteiger partial charge < -0.3 is 0 Å². The number of halogens is 2. The molecular formula is C24H14Cl2N4O2S2. The summed E-state index contributed by atoms with van der Waals surface area (Å²) in [5, 5.41) is 16.0. The Hall–Kier alpha value is -3.30. The quantitative estimate of drug-likeness (QED) is 0.234. The molecule has 0 N–H and O–H groups in total. The molecular weight excluding hydrogens is 511 g/mol. The molecule has 5 rings (SSSR count). The topological polar surface area (TPSA) is 85.7 Å². The zero-order valence-electron chi connectivity index (χ0n) is 17.3. The van der Waals surface area contributed by atoms with E-state index < -0.39 is 10.5 Å². The van der Waals surface area contributed by atoms with Gasteiger partial charge in [0.2, 0.25) is 10.0 Å². The number of aromatic nitrogens is 4. The van der Waals surface area contributed by atoms with E-state index in [1.54, 1.807) is 0 Å². The molecule has 0 aliphatic rings. The summed E-state index contributed by atoms with van der Waals surface area (Å²) in [4.78, 5) is 21.8. The monoisotopic (exact) mass is 524 g/mol. The van der Waals surface area contributed by atoms with Crippen LogP contribution in [0.25, 0.3) is 32.3 Å². The minimum absolute atomic E-state index is 0.215. The molecule has 0 aliphatic carbocycles. The third-order valence-electron chi connectivity index (χ3n) is 4.42.